The lowest BCUT2D eigenvalue weighted by molar-refractivity contribution is 0.455. The maximum atomic E-state index is 2.46. The summed E-state index contributed by atoms with van der Waals surface area (Å²) in [7, 11) is 0. The van der Waals surface area contributed by atoms with Gasteiger partial charge in [0.2, 0.25) is 0 Å². The molecule has 2 rings (SSSR count). The summed E-state index contributed by atoms with van der Waals surface area (Å²) in [4.78, 5) is 0. The number of rotatable bonds is 0. The topological polar surface area (TPSA) is 0 Å². The Morgan fingerprint density at radius 3 is 2.50 bits per heavy atom. The Hall–Kier alpha value is 0.0900. The third kappa shape index (κ3) is 1.12. The second kappa shape index (κ2) is 2.61. The van der Waals surface area contributed by atoms with E-state index in [1.807, 2.05) is 0 Å². The molecule has 1 fully saturated rings. The molecule has 1 aliphatic heterocycles. The van der Waals surface area contributed by atoms with Gasteiger partial charge in [0.1, 0.15) is 0 Å². The number of hydrogen-bond donors (Lipinski definition) is 0. The van der Waals surface area contributed by atoms with Crippen LogP contribution in [0.15, 0.2) is 12.2 Å². The molecular formula is C9H14S. The van der Waals surface area contributed by atoms with E-state index in [1.54, 1.807) is 0 Å². The zero-order valence-corrected chi connectivity index (χ0v) is 7.12. The minimum atomic E-state index is 0.609. The molecule has 0 aromatic heterocycles. The summed E-state index contributed by atoms with van der Waals surface area (Å²) in [5, 5.41) is 0. The first-order valence-corrected chi connectivity index (χ1v) is 5.22. The minimum absolute atomic E-state index is 0.609. The molecule has 1 heterocycles. The van der Waals surface area contributed by atoms with E-state index in [-0.39, 0.29) is 0 Å². The van der Waals surface area contributed by atoms with Gasteiger partial charge in [0.05, 0.1) is 0 Å². The fraction of sp³-hybridized carbons (Fsp3) is 0.778. The van der Waals surface area contributed by atoms with Gasteiger partial charge in [0, 0.05) is 10.5 Å². The van der Waals surface area contributed by atoms with Gasteiger partial charge in [0.15, 0.2) is 0 Å². The highest BCUT2D eigenvalue weighted by Gasteiger charge is 2.31. The van der Waals surface area contributed by atoms with Gasteiger partial charge in [-0.2, -0.15) is 0 Å². The van der Waals surface area contributed by atoms with Crippen LogP contribution < -0.4 is 0 Å². The molecule has 0 atom stereocenters. The van der Waals surface area contributed by atoms with Crippen LogP contribution in [0.4, 0.5) is 0 Å². The monoisotopic (exact) mass is 154 g/mol. The van der Waals surface area contributed by atoms with Crippen LogP contribution in [0, 0.1) is 0 Å². The fourth-order valence-corrected chi connectivity index (χ4v) is 3.28. The molecule has 56 valence electrons. The van der Waals surface area contributed by atoms with Crippen LogP contribution in [-0.4, -0.2) is 10.5 Å². The van der Waals surface area contributed by atoms with Gasteiger partial charge < -0.3 is 0 Å². The summed E-state index contributed by atoms with van der Waals surface area (Å²) >= 11 is 2.15. The summed E-state index contributed by atoms with van der Waals surface area (Å²) in [5.41, 5.74) is 0. The lowest BCUT2D eigenvalue weighted by Gasteiger charge is -2.30. The van der Waals surface area contributed by atoms with Gasteiger partial charge in [-0.15, -0.1) is 11.8 Å². The second-order valence-corrected chi connectivity index (χ2v) is 4.77. The lowest BCUT2D eigenvalue weighted by atomic mass is 9.88. The van der Waals surface area contributed by atoms with Crippen molar-refractivity contribution in [2.75, 3.05) is 5.75 Å². The van der Waals surface area contributed by atoms with Crippen LogP contribution in [0.3, 0.4) is 0 Å². The molecule has 0 amide bonds. The Morgan fingerprint density at radius 2 is 1.90 bits per heavy atom. The molecule has 1 saturated carbocycles. The molecule has 0 unspecified atom stereocenters. The Morgan fingerprint density at radius 1 is 1.10 bits per heavy atom. The molecular weight excluding hydrogens is 140 g/mol. The quantitative estimate of drug-likeness (QED) is 0.483. The highest BCUT2D eigenvalue weighted by atomic mass is 32.2. The van der Waals surface area contributed by atoms with Gasteiger partial charge in [-0.05, 0) is 12.8 Å². The fourth-order valence-electron chi connectivity index (χ4n) is 1.99. The van der Waals surface area contributed by atoms with Gasteiger partial charge >= 0.3 is 0 Å². The van der Waals surface area contributed by atoms with E-state index in [2.05, 4.69) is 23.9 Å². The van der Waals surface area contributed by atoms with Crippen LogP contribution in [0.5, 0.6) is 0 Å². The van der Waals surface area contributed by atoms with E-state index in [1.165, 1.54) is 37.9 Å². The van der Waals surface area contributed by atoms with Crippen molar-refractivity contribution in [3.63, 3.8) is 0 Å². The first-order valence-electron chi connectivity index (χ1n) is 4.23. The predicted molar refractivity (Wildman–Crippen MR) is 47.4 cm³/mol. The second-order valence-electron chi connectivity index (χ2n) is 3.34. The Bertz CT molecular complexity index is 143. The molecule has 0 N–H and O–H groups in total. The summed E-state index contributed by atoms with van der Waals surface area (Å²) in [5.74, 6) is 1.26. The normalized spacial score (nSPS) is 29.6. The third-order valence-electron chi connectivity index (χ3n) is 2.59. The van der Waals surface area contributed by atoms with Crippen molar-refractivity contribution in [3.8, 4) is 0 Å². The maximum absolute atomic E-state index is 2.46. The van der Waals surface area contributed by atoms with E-state index < -0.39 is 0 Å². The summed E-state index contributed by atoms with van der Waals surface area (Å²) < 4.78 is 0.609. The van der Waals surface area contributed by atoms with Crippen molar-refractivity contribution >= 4 is 11.8 Å². The smallest absolute Gasteiger partial charge is 0.0342 e. The van der Waals surface area contributed by atoms with Gasteiger partial charge in [-0.25, -0.2) is 0 Å². The van der Waals surface area contributed by atoms with Crippen LogP contribution in [-0.2, 0) is 0 Å². The molecule has 10 heavy (non-hydrogen) atoms. The van der Waals surface area contributed by atoms with Crippen molar-refractivity contribution in [2.45, 2.75) is 36.9 Å². The van der Waals surface area contributed by atoms with Gasteiger partial charge in [0.25, 0.3) is 0 Å². The molecule has 1 heteroatoms. The molecule has 0 aromatic carbocycles. The third-order valence-corrected chi connectivity index (χ3v) is 4.07. The van der Waals surface area contributed by atoms with Crippen molar-refractivity contribution in [1.29, 1.82) is 0 Å². The standard InChI is InChI=1S/C9H14S/c1-2-5-9(6-3-1)7-4-8-10-9/h4,7H,1-3,5-6,8H2. The highest BCUT2D eigenvalue weighted by molar-refractivity contribution is 8.01. The Labute approximate surface area is 67.1 Å². The predicted octanol–water partition coefficient (Wildman–Crippen LogP) is 2.99. The number of thioether (sulfide) groups is 1. The van der Waals surface area contributed by atoms with Gasteiger partial charge in [-0.1, -0.05) is 31.4 Å². The van der Waals surface area contributed by atoms with Crippen LogP contribution in [0.2, 0.25) is 0 Å². The lowest BCUT2D eigenvalue weighted by Crippen LogP contribution is -2.22. The van der Waals surface area contributed by atoms with Crippen molar-refractivity contribution < 1.29 is 0 Å². The molecule has 0 bridgehead atoms. The molecule has 0 aromatic rings. The summed E-state index contributed by atoms with van der Waals surface area (Å²) in [6.45, 7) is 0. The van der Waals surface area contributed by atoms with Crippen LogP contribution >= 0.6 is 11.8 Å². The van der Waals surface area contributed by atoms with Crippen molar-refractivity contribution in [3.05, 3.63) is 12.2 Å². The molecule has 1 aliphatic carbocycles. The van der Waals surface area contributed by atoms with Crippen LogP contribution in [0.25, 0.3) is 0 Å². The zero-order chi connectivity index (χ0) is 6.86. The Kier molecular flexibility index (Phi) is 1.77. The highest BCUT2D eigenvalue weighted by Crippen LogP contribution is 2.44. The van der Waals surface area contributed by atoms with Gasteiger partial charge in [-0.3, -0.25) is 0 Å². The average molecular weight is 154 g/mol. The maximum Gasteiger partial charge on any atom is 0.0342 e. The van der Waals surface area contributed by atoms with Crippen molar-refractivity contribution in [2.24, 2.45) is 0 Å². The van der Waals surface area contributed by atoms with E-state index in [0.29, 0.717) is 4.75 Å². The minimum Gasteiger partial charge on any atom is -0.147 e. The van der Waals surface area contributed by atoms with Crippen molar-refractivity contribution in [1.82, 2.24) is 0 Å². The largest absolute Gasteiger partial charge is 0.147 e. The molecule has 0 saturated heterocycles. The molecule has 1 spiro atoms. The van der Waals surface area contributed by atoms with E-state index >= 15 is 0 Å². The zero-order valence-electron chi connectivity index (χ0n) is 6.31. The van der Waals surface area contributed by atoms with Crippen LogP contribution in [0.1, 0.15) is 32.1 Å². The SMILES string of the molecule is C1=CC2(CCCCC2)SC1. The van der Waals surface area contributed by atoms with E-state index in [0.717, 1.165) is 0 Å². The first-order chi connectivity index (χ1) is 4.91. The van der Waals surface area contributed by atoms with E-state index in [4.69, 9.17) is 0 Å². The van der Waals surface area contributed by atoms with E-state index in [9.17, 15) is 0 Å². The molecule has 0 radical (unpaired) electrons. The first kappa shape index (κ1) is 6.78. The Balaban J connectivity index is 2.05. The number of hydrogen-bond acceptors (Lipinski definition) is 1. The molecule has 0 nitrogen and oxygen atoms in total. The summed E-state index contributed by atoms with van der Waals surface area (Å²) in [6.07, 6.45) is 12.1. The average Bonchev–Trinajstić information content (AvgIpc) is 2.39. The summed E-state index contributed by atoms with van der Waals surface area (Å²) in [6, 6.07) is 0. The molecule has 2 aliphatic rings.